The molecule has 108 valence electrons. The number of nitrogens with zero attached hydrogens (tertiary/aromatic N) is 2. The molecular weight excluding hydrogens is 301 g/mol. The Bertz CT molecular complexity index is 695. The number of carbonyl (C=O) groups is 2. The van der Waals surface area contributed by atoms with Crippen LogP contribution in [0.15, 0.2) is 30.7 Å². The van der Waals surface area contributed by atoms with Crippen molar-refractivity contribution in [2.75, 3.05) is 12.4 Å². The molecule has 1 N–H and O–H groups in total. The molecule has 0 bridgehead atoms. The third-order valence-corrected chi connectivity index (χ3v) is 2.82. The highest BCUT2D eigenvalue weighted by atomic mass is 35.5. The minimum absolute atomic E-state index is 0.0626. The quantitative estimate of drug-likeness (QED) is 0.880. The van der Waals surface area contributed by atoms with Gasteiger partial charge in [-0.25, -0.2) is 19.2 Å². The summed E-state index contributed by atoms with van der Waals surface area (Å²) in [6.07, 6.45) is 2.57. The van der Waals surface area contributed by atoms with E-state index in [2.05, 4.69) is 20.0 Å². The standard InChI is InChI=1S/C13H9ClFN3O3/c1-21-13(20)7-4-8(14)9(15)5-11(7)18-12(19)10-2-3-16-6-17-10/h2-6H,1H3,(H,18,19). The Balaban J connectivity index is 2.37. The molecule has 0 radical (unpaired) electrons. The van der Waals surface area contributed by atoms with E-state index in [1.165, 1.54) is 18.6 Å². The van der Waals surface area contributed by atoms with E-state index in [9.17, 15) is 14.0 Å². The number of hydrogen-bond acceptors (Lipinski definition) is 5. The summed E-state index contributed by atoms with van der Waals surface area (Å²) in [6, 6.07) is 3.39. The van der Waals surface area contributed by atoms with Crippen LogP contribution >= 0.6 is 11.6 Å². The molecule has 2 aromatic rings. The van der Waals surface area contributed by atoms with Crippen molar-refractivity contribution in [3.8, 4) is 0 Å². The van der Waals surface area contributed by atoms with Crippen LogP contribution in [0.25, 0.3) is 0 Å². The third-order valence-electron chi connectivity index (χ3n) is 2.53. The number of carbonyl (C=O) groups excluding carboxylic acids is 2. The zero-order valence-electron chi connectivity index (χ0n) is 10.8. The average molecular weight is 310 g/mol. The molecule has 0 aliphatic carbocycles. The van der Waals surface area contributed by atoms with E-state index in [-0.39, 0.29) is 22.0 Å². The van der Waals surface area contributed by atoms with Gasteiger partial charge in [0.05, 0.1) is 23.4 Å². The molecule has 0 atom stereocenters. The summed E-state index contributed by atoms with van der Waals surface area (Å²) in [5.74, 6) is -2.15. The molecule has 2 rings (SSSR count). The van der Waals surface area contributed by atoms with Gasteiger partial charge in [-0.15, -0.1) is 0 Å². The fourth-order valence-corrected chi connectivity index (χ4v) is 1.70. The Kier molecular flexibility index (Phi) is 4.44. The molecule has 1 amide bonds. The SMILES string of the molecule is COC(=O)c1cc(Cl)c(F)cc1NC(=O)c1ccncn1. The van der Waals surface area contributed by atoms with E-state index in [1.807, 2.05) is 0 Å². The minimum atomic E-state index is -0.776. The normalized spacial score (nSPS) is 10.0. The van der Waals surface area contributed by atoms with Crippen LogP contribution < -0.4 is 5.32 Å². The highest BCUT2D eigenvalue weighted by molar-refractivity contribution is 6.31. The number of anilines is 1. The van der Waals surface area contributed by atoms with E-state index in [0.29, 0.717) is 0 Å². The van der Waals surface area contributed by atoms with Crippen molar-refractivity contribution >= 4 is 29.2 Å². The van der Waals surface area contributed by atoms with Gasteiger partial charge in [0.25, 0.3) is 5.91 Å². The Morgan fingerprint density at radius 3 is 2.76 bits per heavy atom. The molecule has 6 nitrogen and oxygen atoms in total. The summed E-state index contributed by atoms with van der Waals surface area (Å²) in [7, 11) is 1.16. The predicted octanol–water partition coefficient (Wildman–Crippen LogP) is 2.31. The lowest BCUT2D eigenvalue weighted by Crippen LogP contribution is -2.17. The van der Waals surface area contributed by atoms with Crippen LogP contribution in [0.1, 0.15) is 20.8 Å². The zero-order valence-corrected chi connectivity index (χ0v) is 11.5. The summed E-state index contributed by atoms with van der Waals surface area (Å²) in [5, 5.41) is 2.13. The van der Waals surface area contributed by atoms with Gasteiger partial charge in [-0.2, -0.15) is 0 Å². The molecule has 0 saturated heterocycles. The second-order valence-electron chi connectivity index (χ2n) is 3.85. The number of rotatable bonds is 3. The van der Waals surface area contributed by atoms with Crippen molar-refractivity contribution in [1.29, 1.82) is 0 Å². The monoisotopic (exact) mass is 309 g/mol. The number of aromatic nitrogens is 2. The maximum Gasteiger partial charge on any atom is 0.340 e. The maximum absolute atomic E-state index is 13.5. The van der Waals surface area contributed by atoms with Crippen LogP contribution in [-0.2, 0) is 4.74 Å². The van der Waals surface area contributed by atoms with Gasteiger partial charge < -0.3 is 10.1 Å². The van der Waals surface area contributed by atoms with Gasteiger partial charge in [-0.1, -0.05) is 11.6 Å². The number of amides is 1. The summed E-state index contributed by atoms with van der Waals surface area (Å²) in [4.78, 5) is 31.0. The van der Waals surface area contributed by atoms with Crippen LogP contribution in [0.3, 0.4) is 0 Å². The molecule has 0 unspecified atom stereocenters. The Morgan fingerprint density at radius 1 is 1.38 bits per heavy atom. The van der Waals surface area contributed by atoms with Crippen molar-refractivity contribution < 1.29 is 18.7 Å². The van der Waals surface area contributed by atoms with Gasteiger partial charge in [0.2, 0.25) is 0 Å². The van der Waals surface area contributed by atoms with Gasteiger partial charge in [-0.3, -0.25) is 4.79 Å². The summed E-state index contributed by atoms with van der Waals surface area (Å²) < 4.78 is 18.1. The smallest absolute Gasteiger partial charge is 0.340 e. The van der Waals surface area contributed by atoms with Gasteiger partial charge in [0, 0.05) is 6.20 Å². The number of esters is 1. The fourth-order valence-electron chi connectivity index (χ4n) is 1.54. The maximum atomic E-state index is 13.5. The van der Waals surface area contributed by atoms with Crippen LogP contribution in [0, 0.1) is 5.82 Å². The summed E-state index contributed by atoms with van der Waals surface area (Å²) >= 11 is 5.62. The second-order valence-corrected chi connectivity index (χ2v) is 4.26. The Labute approximate surface area is 123 Å². The number of hydrogen-bond donors (Lipinski definition) is 1. The Morgan fingerprint density at radius 2 is 2.14 bits per heavy atom. The highest BCUT2D eigenvalue weighted by Gasteiger charge is 2.18. The predicted molar refractivity (Wildman–Crippen MR) is 72.7 cm³/mol. The van der Waals surface area contributed by atoms with Gasteiger partial charge in [0.1, 0.15) is 17.8 Å². The van der Waals surface area contributed by atoms with Crippen LogP contribution in [0.4, 0.5) is 10.1 Å². The molecule has 1 heterocycles. The largest absolute Gasteiger partial charge is 0.465 e. The number of halogens is 2. The number of methoxy groups -OCH3 is 1. The highest BCUT2D eigenvalue weighted by Crippen LogP contribution is 2.25. The summed E-state index contributed by atoms with van der Waals surface area (Å²) in [6.45, 7) is 0. The van der Waals surface area contributed by atoms with Crippen molar-refractivity contribution in [3.05, 3.63) is 52.8 Å². The van der Waals surface area contributed by atoms with Gasteiger partial charge in [-0.05, 0) is 18.2 Å². The van der Waals surface area contributed by atoms with E-state index < -0.39 is 17.7 Å². The molecule has 0 aliphatic heterocycles. The van der Waals surface area contributed by atoms with Gasteiger partial charge >= 0.3 is 5.97 Å². The molecule has 8 heteroatoms. The van der Waals surface area contributed by atoms with Crippen molar-refractivity contribution in [2.24, 2.45) is 0 Å². The van der Waals surface area contributed by atoms with E-state index in [1.54, 1.807) is 0 Å². The average Bonchev–Trinajstić information content (AvgIpc) is 2.50. The van der Waals surface area contributed by atoms with Crippen LogP contribution in [0.2, 0.25) is 5.02 Å². The molecule has 1 aromatic carbocycles. The van der Waals surface area contributed by atoms with Crippen molar-refractivity contribution in [2.45, 2.75) is 0 Å². The van der Waals surface area contributed by atoms with E-state index in [4.69, 9.17) is 11.6 Å². The summed E-state index contributed by atoms with van der Waals surface area (Å²) in [5.41, 5.74) is -0.0603. The molecule has 1 aromatic heterocycles. The lowest BCUT2D eigenvalue weighted by atomic mass is 10.1. The van der Waals surface area contributed by atoms with Crippen molar-refractivity contribution in [1.82, 2.24) is 9.97 Å². The minimum Gasteiger partial charge on any atom is -0.465 e. The molecular formula is C13H9ClFN3O3. The lowest BCUT2D eigenvalue weighted by molar-refractivity contribution is 0.0602. The first kappa shape index (κ1) is 14.9. The topological polar surface area (TPSA) is 81.2 Å². The first-order valence-corrected chi connectivity index (χ1v) is 6.05. The van der Waals surface area contributed by atoms with Crippen molar-refractivity contribution in [3.63, 3.8) is 0 Å². The second kappa shape index (κ2) is 6.27. The molecule has 21 heavy (non-hydrogen) atoms. The molecule has 0 aliphatic rings. The van der Waals surface area contributed by atoms with Crippen LogP contribution in [0.5, 0.6) is 0 Å². The van der Waals surface area contributed by atoms with E-state index in [0.717, 1.165) is 19.2 Å². The van der Waals surface area contributed by atoms with Gasteiger partial charge in [0.15, 0.2) is 0 Å². The van der Waals surface area contributed by atoms with Crippen LogP contribution in [-0.4, -0.2) is 29.0 Å². The lowest BCUT2D eigenvalue weighted by Gasteiger charge is -2.10. The Hall–Kier alpha value is -2.54. The first-order valence-electron chi connectivity index (χ1n) is 5.67. The first-order chi connectivity index (χ1) is 10.0. The number of ether oxygens (including phenoxy) is 1. The number of nitrogens with one attached hydrogen (secondary N) is 1. The fraction of sp³-hybridized carbons (Fsp3) is 0.0769. The van der Waals surface area contributed by atoms with E-state index >= 15 is 0 Å². The zero-order chi connectivity index (χ0) is 15.4. The molecule has 0 saturated carbocycles. The number of benzene rings is 1. The third kappa shape index (κ3) is 3.32. The molecule has 0 spiro atoms. The molecule has 0 fully saturated rings.